The maximum absolute atomic E-state index is 12.7. The molecule has 0 aliphatic rings. The summed E-state index contributed by atoms with van der Waals surface area (Å²) in [4.78, 5) is 24.7. The van der Waals surface area contributed by atoms with E-state index in [1.807, 2.05) is 24.4 Å². The van der Waals surface area contributed by atoms with Crippen LogP contribution in [0.15, 0.2) is 67.0 Å². The van der Waals surface area contributed by atoms with Crippen LogP contribution in [-0.4, -0.2) is 39.2 Å². The van der Waals surface area contributed by atoms with Gasteiger partial charge in [-0.25, -0.2) is 0 Å². The summed E-state index contributed by atoms with van der Waals surface area (Å²) in [5, 5.41) is 6.87. The van der Waals surface area contributed by atoms with Crippen LogP contribution < -0.4 is 5.32 Å². The molecule has 1 heterocycles. The summed E-state index contributed by atoms with van der Waals surface area (Å²) in [5.41, 5.74) is 2.33. The molecule has 1 N–H and O–H groups in total. The molecule has 3 aromatic rings. The number of anilines is 1. The van der Waals surface area contributed by atoms with Gasteiger partial charge in [0.15, 0.2) is 0 Å². The summed E-state index contributed by atoms with van der Waals surface area (Å²) in [6.45, 7) is 1.77. The lowest BCUT2D eigenvalue weighted by Crippen LogP contribution is -2.40. The van der Waals surface area contributed by atoms with Crippen molar-refractivity contribution >= 4 is 17.5 Å². The third kappa shape index (κ3) is 5.94. The molecule has 0 radical (unpaired) electrons. The Morgan fingerprint density at radius 1 is 1.06 bits per heavy atom. The highest BCUT2D eigenvalue weighted by Crippen LogP contribution is 2.21. The molecule has 3 rings (SSSR count). The predicted molar refractivity (Wildman–Crippen MR) is 109 cm³/mol. The second-order valence-corrected chi connectivity index (χ2v) is 6.87. The zero-order valence-electron chi connectivity index (χ0n) is 16.8. The number of carbonyl (C=O) groups excluding carboxylic acids is 2. The van der Waals surface area contributed by atoms with E-state index in [9.17, 15) is 22.8 Å². The van der Waals surface area contributed by atoms with Crippen LogP contribution in [0.2, 0.25) is 0 Å². The number of nitrogens with zero attached hydrogens (tertiary/aromatic N) is 3. The normalized spacial score (nSPS) is 11.2. The summed E-state index contributed by atoms with van der Waals surface area (Å²) in [7, 11) is 0. The average Bonchev–Trinajstić information content (AvgIpc) is 3.24. The molecule has 1 aromatic heterocycles. The van der Waals surface area contributed by atoms with Gasteiger partial charge in [-0.2, -0.15) is 18.3 Å². The number of hydrogen-bond donors (Lipinski definition) is 1. The first kappa shape index (κ1) is 22.1. The maximum atomic E-state index is 12.7. The Kier molecular flexibility index (Phi) is 6.74. The quantitative estimate of drug-likeness (QED) is 0.614. The van der Waals surface area contributed by atoms with Crippen LogP contribution >= 0.6 is 0 Å². The number of benzene rings is 2. The van der Waals surface area contributed by atoms with Gasteiger partial charge in [-0.1, -0.05) is 24.3 Å². The number of rotatable bonds is 7. The largest absolute Gasteiger partial charge is 0.471 e. The third-order valence-electron chi connectivity index (χ3n) is 4.59. The highest BCUT2D eigenvalue weighted by atomic mass is 19.4. The van der Waals surface area contributed by atoms with E-state index in [-0.39, 0.29) is 19.0 Å². The first-order valence-electron chi connectivity index (χ1n) is 9.59. The summed E-state index contributed by atoms with van der Waals surface area (Å²) >= 11 is 0. The van der Waals surface area contributed by atoms with E-state index in [0.717, 1.165) is 5.56 Å². The summed E-state index contributed by atoms with van der Waals surface area (Å²) < 4.78 is 39.9. The molecule has 0 unspecified atom stereocenters. The summed E-state index contributed by atoms with van der Waals surface area (Å²) in [5.74, 6) is -2.24. The lowest BCUT2D eigenvalue weighted by molar-refractivity contribution is -0.185. The summed E-state index contributed by atoms with van der Waals surface area (Å²) in [6.07, 6.45) is -1.39. The standard InChI is InChI=1S/C22H21F3N4O2/c1-2-28(21(31)22(23,24)25)14-17-5-3-6-19(13-17)27-20(30)18-9-7-16(8-10-18)15-29-12-4-11-26-29/h3-13H,2,14-15H2,1H3,(H,27,30). The first-order valence-corrected chi connectivity index (χ1v) is 9.59. The molecule has 0 saturated carbocycles. The number of aromatic nitrogens is 2. The van der Waals surface area contributed by atoms with Gasteiger partial charge in [0, 0.05) is 36.7 Å². The highest BCUT2D eigenvalue weighted by Gasteiger charge is 2.41. The Balaban J connectivity index is 1.64. The van der Waals surface area contributed by atoms with E-state index in [4.69, 9.17) is 0 Å². The van der Waals surface area contributed by atoms with Crippen molar-refractivity contribution in [3.05, 3.63) is 83.7 Å². The van der Waals surface area contributed by atoms with Crippen molar-refractivity contribution in [2.75, 3.05) is 11.9 Å². The van der Waals surface area contributed by atoms with Crippen LogP contribution in [0.25, 0.3) is 0 Å². The fourth-order valence-electron chi connectivity index (χ4n) is 3.02. The Morgan fingerprint density at radius 3 is 2.42 bits per heavy atom. The van der Waals surface area contributed by atoms with Crippen molar-refractivity contribution in [2.24, 2.45) is 0 Å². The number of alkyl halides is 3. The van der Waals surface area contributed by atoms with Gasteiger partial charge in [0.05, 0.1) is 6.54 Å². The van der Waals surface area contributed by atoms with Crippen molar-refractivity contribution in [2.45, 2.75) is 26.2 Å². The van der Waals surface area contributed by atoms with E-state index in [2.05, 4.69) is 10.4 Å². The SMILES string of the molecule is CCN(Cc1cccc(NC(=O)c2ccc(Cn3cccn3)cc2)c1)C(=O)C(F)(F)F. The number of hydrogen-bond acceptors (Lipinski definition) is 3. The molecular formula is C22H21F3N4O2. The fourth-order valence-corrected chi connectivity index (χ4v) is 3.02. The lowest BCUT2D eigenvalue weighted by Gasteiger charge is -2.22. The molecule has 0 saturated heterocycles. The van der Waals surface area contributed by atoms with Crippen LogP contribution in [0.4, 0.5) is 18.9 Å². The average molecular weight is 430 g/mol. The van der Waals surface area contributed by atoms with E-state index in [1.54, 1.807) is 47.3 Å². The smallest absolute Gasteiger partial charge is 0.331 e. The van der Waals surface area contributed by atoms with Crippen molar-refractivity contribution < 1.29 is 22.8 Å². The third-order valence-corrected chi connectivity index (χ3v) is 4.59. The lowest BCUT2D eigenvalue weighted by atomic mass is 10.1. The van der Waals surface area contributed by atoms with Crippen LogP contribution in [0, 0.1) is 0 Å². The van der Waals surface area contributed by atoms with E-state index in [0.29, 0.717) is 28.3 Å². The van der Waals surface area contributed by atoms with Gasteiger partial charge in [0.2, 0.25) is 0 Å². The van der Waals surface area contributed by atoms with Crippen molar-refractivity contribution in [1.29, 1.82) is 0 Å². The molecule has 0 bridgehead atoms. The number of carbonyl (C=O) groups is 2. The van der Waals surface area contributed by atoms with Gasteiger partial charge in [-0.05, 0) is 48.4 Å². The molecule has 0 atom stereocenters. The zero-order valence-corrected chi connectivity index (χ0v) is 16.8. The van der Waals surface area contributed by atoms with Crippen LogP contribution in [0.5, 0.6) is 0 Å². The Labute approximate surface area is 177 Å². The van der Waals surface area contributed by atoms with Crippen LogP contribution in [0.3, 0.4) is 0 Å². The molecule has 2 aromatic carbocycles. The van der Waals surface area contributed by atoms with E-state index in [1.165, 1.54) is 6.92 Å². The monoisotopic (exact) mass is 430 g/mol. The van der Waals surface area contributed by atoms with E-state index >= 15 is 0 Å². The molecule has 162 valence electrons. The second kappa shape index (κ2) is 9.46. The van der Waals surface area contributed by atoms with Gasteiger partial charge in [-0.15, -0.1) is 0 Å². The predicted octanol–water partition coefficient (Wildman–Crippen LogP) is 4.09. The van der Waals surface area contributed by atoms with Crippen LogP contribution in [0.1, 0.15) is 28.4 Å². The van der Waals surface area contributed by atoms with Gasteiger partial charge in [-0.3, -0.25) is 14.3 Å². The zero-order chi connectivity index (χ0) is 22.4. The van der Waals surface area contributed by atoms with Crippen LogP contribution in [-0.2, 0) is 17.9 Å². The summed E-state index contributed by atoms with van der Waals surface area (Å²) in [6, 6.07) is 15.3. The maximum Gasteiger partial charge on any atom is 0.471 e. The minimum atomic E-state index is -4.93. The molecular weight excluding hydrogens is 409 g/mol. The van der Waals surface area contributed by atoms with Gasteiger partial charge in [0.25, 0.3) is 5.91 Å². The number of halogens is 3. The number of amides is 2. The topological polar surface area (TPSA) is 67.2 Å². The van der Waals surface area contributed by atoms with E-state index < -0.39 is 12.1 Å². The molecule has 0 spiro atoms. The van der Waals surface area contributed by atoms with Gasteiger partial charge >= 0.3 is 12.1 Å². The molecule has 0 fully saturated rings. The first-order chi connectivity index (χ1) is 14.8. The molecule has 6 nitrogen and oxygen atoms in total. The highest BCUT2D eigenvalue weighted by molar-refractivity contribution is 6.04. The van der Waals surface area contributed by atoms with Crippen molar-refractivity contribution in [1.82, 2.24) is 14.7 Å². The molecule has 0 aliphatic carbocycles. The minimum absolute atomic E-state index is 0.0835. The van der Waals surface area contributed by atoms with Gasteiger partial charge < -0.3 is 10.2 Å². The van der Waals surface area contributed by atoms with Gasteiger partial charge in [0.1, 0.15) is 0 Å². The molecule has 0 aliphatic heterocycles. The molecule has 31 heavy (non-hydrogen) atoms. The van der Waals surface area contributed by atoms with Crippen molar-refractivity contribution in [3.63, 3.8) is 0 Å². The minimum Gasteiger partial charge on any atom is -0.331 e. The Morgan fingerprint density at radius 2 is 1.81 bits per heavy atom. The Hall–Kier alpha value is -3.62. The second-order valence-electron chi connectivity index (χ2n) is 6.87. The fraction of sp³-hybridized carbons (Fsp3) is 0.227. The molecule has 9 heteroatoms. The molecule has 2 amide bonds. The number of nitrogens with one attached hydrogen (secondary N) is 1. The van der Waals surface area contributed by atoms with Crippen molar-refractivity contribution in [3.8, 4) is 0 Å². The Bertz CT molecular complexity index is 1030.